The van der Waals surface area contributed by atoms with Gasteiger partial charge in [0, 0.05) is 5.56 Å². The van der Waals surface area contributed by atoms with Crippen LogP contribution in [0.3, 0.4) is 0 Å². The molecule has 0 aliphatic carbocycles. The number of hydrogen-bond donors (Lipinski definition) is 2. The van der Waals surface area contributed by atoms with Crippen molar-refractivity contribution < 1.29 is 47.6 Å². The number of benzene rings is 2. The molecular formula is C16H18N3NaO4S. The number of H-pyrrole nitrogens is 1. The Morgan fingerprint density at radius 2 is 1.68 bits per heavy atom. The number of unbranched alkanes of at least 4 members (excludes halogenated alkanes) is 1. The summed E-state index contributed by atoms with van der Waals surface area (Å²) >= 11 is 0. The van der Waals surface area contributed by atoms with Crippen molar-refractivity contribution in [3.8, 4) is 5.75 Å². The Bertz CT molecular complexity index is 882. The molecule has 7 nitrogen and oxygen atoms in total. The van der Waals surface area contributed by atoms with Crippen molar-refractivity contribution in [1.82, 2.24) is 15.4 Å². The van der Waals surface area contributed by atoms with E-state index in [4.69, 9.17) is 0 Å². The Morgan fingerprint density at radius 3 is 2.20 bits per heavy atom. The van der Waals surface area contributed by atoms with Crippen molar-refractivity contribution in [3.63, 3.8) is 0 Å². The minimum atomic E-state index is -4.50. The number of nitrogens with zero attached hydrogens (tertiary/aromatic N) is 2. The van der Waals surface area contributed by atoms with E-state index in [9.17, 15) is 18.1 Å². The smallest absolute Gasteiger partial charge is 0.744 e. The van der Waals surface area contributed by atoms with Crippen LogP contribution in [0.25, 0.3) is 11.0 Å². The van der Waals surface area contributed by atoms with Gasteiger partial charge in [-0.15, -0.1) is 0 Å². The van der Waals surface area contributed by atoms with E-state index in [1.54, 1.807) is 0 Å². The summed E-state index contributed by atoms with van der Waals surface area (Å²) in [4.78, 5) is -0.309. The van der Waals surface area contributed by atoms with Crippen LogP contribution in [-0.4, -0.2) is 33.5 Å². The fourth-order valence-corrected chi connectivity index (χ4v) is 2.93. The van der Waals surface area contributed by atoms with Crippen LogP contribution in [0.15, 0.2) is 47.4 Å². The maximum Gasteiger partial charge on any atom is 1.00 e. The molecule has 0 bridgehead atoms. The van der Waals surface area contributed by atoms with Gasteiger partial charge in [0.1, 0.15) is 26.9 Å². The van der Waals surface area contributed by atoms with E-state index >= 15 is 0 Å². The van der Waals surface area contributed by atoms with Crippen molar-refractivity contribution in [1.29, 1.82) is 0 Å². The van der Waals surface area contributed by atoms with Gasteiger partial charge in [-0.25, -0.2) is 8.42 Å². The minimum Gasteiger partial charge on any atom is -0.744 e. The van der Waals surface area contributed by atoms with Crippen molar-refractivity contribution >= 4 is 21.2 Å². The summed E-state index contributed by atoms with van der Waals surface area (Å²) in [6, 6.07) is 11.7. The Balaban J connectivity index is 0.000000266. The maximum atomic E-state index is 10.9. The van der Waals surface area contributed by atoms with Gasteiger partial charge in [-0.3, -0.25) is 0 Å². The van der Waals surface area contributed by atoms with E-state index in [1.807, 2.05) is 31.2 Å². The largest absolute Gasteiger partial charge is 1.00 e. The van der Waals surface area contributed by atoms with Gasteiger partial charge in [0.15, 0.2) is 0 Å². The Kier molecular flexibility index (Phi) is 8.54. The first-order chi connectivity index (χ1) is 11.4. The molecule has 0 aliphatic heterocycles. The zero-order valence-corrected chi connectivity index (χ0v) is 17.0. The molecule has 1 heterocycles. The number of phenols is 1. The fraction of sp³-hybridized carbons (Fsp3) is 0.250. The van der Waals surface area contributed by atoms with Crippen molar-refractivity contribution in [2.75, 3.05) is 0 Å². The van der Waals surface area contributed by atoms with Crippen LogP contribution in [-0.2, 0) is 16.5 Å². The molecule has 3 rings (SSSR count). The van der Waals surface area contributed by atoms with Gasteiger partial charge in [0.05, 0.1) is 4.90 Å². The maximum absolute atomic E-state index is 10.9. The third-order valence-corrected chi connectivity index (χ3v) is 4.30. The molecule has 0 unspecified atom stereocenters. The van der Waals surface area contributed by atoms with Gasteiger partial charge in [0.25, 0.3) is 0 Å². The number of nitrogens with one attached hydrogen (secondary N) is 1. The SMILES string of the molecule is CCCCc1c(O)cccc1S(=O)(=O)[O-].[Na+].c1ccc2n[nH]nc2c1. The molecule has 128 valence electrons. The monoisotopic (exact) mass is 371 g/mol. The second-order valence-corrected chi connectivity index (χ2v) is 6.47. The Morgan fingerprint density at radius 1 is 1.08 bits per heavy atom. The van der Waals surface area contributed by atoms with Crippen LogP contribution in [0.1, 0.15) is 25.3 Å². The third kappa shape index (κ3) is 6.09. The average molecular weight is 371 g/mol. The molecule has 3 aromatic rings. The molecular weight excluding hydrogens is 353 g/mol. The molecule has 0 amide bonds. The second kappa shape index (κ2) is 9.88. The van der Waals surface area contributed by atoms with Crippen LogP contribution in [0.5, 0.6) is 5.75 Å². The van der Waals surface area contributed by atoms with Crippen LogP contribution < -0.4 is 29.6 Å². The van der Waals surface area contributed by atoms with Gasteiger partial charge in [-0.2, -0.15) is 15.4 Å². The van der Waals surface area contributed by atoms with Gasteiger partial charge in [-0.05, 0) is 37.1 Å². The van der Waals surface area contributed by atoms with Crippen molar-refractivity contribution in [3.05, 3.63) is 48.0 Å². The zero-order valence-electron chi connectivity index (χ0n) is 14.1. The molecule has 2 aromatic carbocycles. The minimum absolute atomic E-state index is 0. The number of aromatic hydroxyl groups is 1. The predicted octanol–water partition coefficient (Wildman–Crippen LogP) is -0.399. The van der Waals surface area contributed by atoms with E-state index in [0.717, 1.165) is 23.9 Å². The summed E-state index contributed by atoms with van der Waals surface area (Å²) in [6.45, 7) is 1.95. The summed E-state index contributed by atoms with van der Waals surface area (Å²) in [5, 5.41) is 19.8. The summed E-state index contributed by atoms with van der Waals surface area (Å²) < 4.78 is 32.7. The van der Waals surface area contributed by atoms with Gasteiger partial charge in [0.2, 0.25) is 0 Å². The summed E-state index contributed by atoms with van der Waals surface area (Å²) in [5.41, 5.74) is 2.06. The summed E-state index contributed by atoms with van der Waals surface area (Å²) in [5.74, 6) is -0.125. The number of rotatable bonds is 4. The van der Waals surface area contributed by atoms with E-state index < -0.39 is 10.1 Å². The standard InChI is InChI=1S/C10H14O4S.C6H5N3.Na/c1-2-3-5-8-9(11)6-4-7-10(8)15(12,13)14;1-2-4-6-5(3-1)7-9-8-6;/h4,6-7,11H,2-3,5H2,1H3,(H,12,13,14);1-4H,(H,7,8,9);/q;;+1/p-1. The predicted molar refractivity (Wildman–Crippen MR) is 88.6 cm³/mol. The van der Waals surface area contributed by atoms with Crippen LogP contribution >= 0.6 is 0 Å². The molecule has 0 saturated heterocycles. The number of aromatic nitrogens is 3. The van der Waals surface area contributed by atoms with E-state index in [0.29, 0.717) is 6.42 Å². The fourth-order valence-electron chi connectivity index (χ4n) is 2.18. The molecule has 9 heteroatoms. The first-order valence-corrected chi connectivity index (χ1v) is 8.86. The number of phenolic OH excluding ortho intramolecular Hbond substituents is 1. The molecule has 1 aromatic heterocycles. The Hall–Kier alpha value is -1.45. The molecule has 25 heavy (non-hydrogen) atoms. The Labute approximate surface area is 168 Å². The summed E-state index contributed by atoms with van der Waals surface area (Å²) in [7, 11) is -4.50. The van der Waals surface area contributed by atoms with Crippen LogP contribution in [0, 0.1) is 0 Å². The normalized spacial score (nSPS) is 10.6. The molecule has 0 aliphatic rings. The topological polar surface area (TPSA) is 119 Å². The first-order valence-electron chi connectivity index (χ1n) is 7.45. The number of para-hydroxylation sites is 2. The third-order valence-electron chi connectivity index (χ3n) is 3.38. The molecule has 0 fully saturated rings. The number of aromatic amines is 1. The molecule has 0 atom stereocenters. The van der Waals surface area contributed by atoms with E-state index in [-0.39, 0.29) is 45.8 Å². The van der Waals surface area contributed by atoms with E-state index in [1.165, 1.54) is 18.2 Å². The van der Waals surface area contributed by atoms with Gasteiger partial charge in [-0.1, -0.05) is 31.5 Å². The number of fused-ring (bicyclic) bond motifs is 1. The number of hydrogen-bond acceptors (Lipinski definition) is 6. The van der Waals surface area contributed by atoms with Crippen molar-refractivity contribution in [2.24, 2.45) is 0 Å². The molecule has 2 N–H and O–H groups in total. The average Bonchev–Trinajstić information content (AvgIpc) is 3.02. The summed E-state index contributed by atoms with van der Waals surface area (Å²) in [6.07, 6.45) is 2.01. The molecule has 0 saturated carbocycles. The van der Waals surface area contributed by atoms with E-state index in [2.05, 4.69) is 15.4 Å². The van der Waals surface area contributed by atoms with Gasteiger partial charge < -0.3 is 9.66 Å². The zero-order chi connectivity index (χ0) is 17.6. The van der Waals surface area contributed by atoms with Crippen LogP contribution in [0.4, 0.5) is 0 Å². The van der Waals surface area contributed by atoms with Crippen LogP contribution in [0.2, 0.25) is 0 Å². The molecule has 0 spiro atoms. The second-order valence-electron chi connectivity index (χ2n) is 5.12. The van der Waals surface area contributed by atoms with Gasteiger partial charge >= 0.3 is 29.6 Å². The molecule has 0 radical (unpaired) electrons. The van der Waals surface area contributed by atoms with Crippen molar-refractivity contribution in [2.45, 2.75) is 31.1 Å². The quantitative estimate of drug-likeness (QED) is 0.476. The first kappa shape index (κ1) is 21.6.